The molecule has 0 radical (unpaired) electrons. The molecule has 0 fully saturated rings. The molecule has 0 saturated heterocycles. The first-order valence-corrected chi connectivity index (χ1v) is 7.65. The quantitative estimate of drug-likeness (QED) is 0.493. The molecule has 0 unspecified atom stereocenters. The Bertz CT molecular complexity index is 422. The predicted octanol–water partition coefficient (Wildman–Crippen LogP) is -0.296. The summed E-state index contributed by atoms with van der Waals surface area (Å²) in [7, 11) is -4.07. The van der Waals surface area contributed by atoms with Crippen molar-refractivity contribution in [1.82, 2.24) is 9.44 Å². The third kappa shape index (κ3) is 7.41. The van der Waals surface area contributed by atoms with E-state index in [0.717, 1.165) is 0 Å². The highest BCUT2D eigenvalue weighted by molar-refractivity contribution is 7.87. The Balaban J connectivity index is 5.06. The average Bonchev–Trinajstić information content (AvgIpc) is 2.23. The van der Waals surface area contributed by atoms with Crippen molar-refractivity contribution in [2.24, 2.45) is 0 Å². The molecule has 0 aliphatic heterocycles. The van der Waals surface area contributed by atoms with E-state index in [1.165, 1.54) is 0 Å². The van der Waals surface area contributed by atoms with Crippen molar-refractivity contribution in [3.63, 3.8) is 0 Å². The third-order valence-electron chi connectivity index (χ3n) is 1.76. The van der Waals surface area contributed by atoms with Gasteiger partial charge in [0, 0.05) is 5.54 Å². The normalized spacial score (nSPS) is 12.3. The zero-order valence-corrected chi connectivity index (χ0v) is 13.2. The Morgan fingerprint density at radius 3 is 1.75 bits per heavy atom. The van der Waals surface area contributed by atoms with Gasteiger partial charge in [-0.25, -0.2) is 9.59 Å². The minimum Gasteiger partial charge on any atom is -0.464 e. The molecule has 0 spiro atoms. The van der Waals surface area contributed by atoms with Crippen LogP contribution < -0.4 is 9.44 Å². The Morgan fingerprint density at radius 2 is 1.45 bits per heavy atom. The van der Waals surface area contributed by atoms with E-state index < -0.39 is 33.7 Å². The number of hydrogen-bond acceptors (Lipinski definition) is 6. The second kappa shape index (κ2) is 7.55. The molecule has 0 atom stereocenters. The van der Waals surface area contributed by atoms with Crippen LogP contribution in [0, 0.1) is 0 Å². The van der Waals surface area contributed by atoms with Gasteiger partial charge >= 0.3 is 11.9 Å². The van der Waals surface area contributed by atoms with Gasteiger partial charge in [-0.15, -0.1) is 0 Å². The second-order valence-corrected chi connectivity index (χ2v) is 6.36. The van der Waals surface area contributed by atoms with Crippen LogP contribution in [-0.2, 0) is 29.3 Å². The first-order chi connectivity index (χ1) is 9.02. The van der Waals surface area contributed by atoms with Gasteiger partial charge in [0.1, 0.15) is 0 Å². The van der Waals surface area contributed by atoms with Crippen molar-refractivity contribution >= 4 is 22.1 Å². The van der Waals surface area contributed by atoms with E-state index in [-0.39, 0.29) is 13.2 Å². The summed E-state index contributed by atoms with van der Waals surface area (Å²) < 4.78 is 37.2. The van der Waals surface area contributed by atoms with Gasteiger partial charge in [-0.1, -0.05) is 0 Å². The standard InChI is InChI=1S/C11H22N2O6S/c1-6-18-9(14)8(10(15)19-7-2)12-20(16,17)13-11(3,4)5/h8,12-13H,6-7H2,1-5H3. The van der Waals surface area contributed by atoms with Crippen molar-refractivity contribution in [1.29, 1.82) is 0 Å². The molecule has 0 saturated carbocycles. The smallest absolute Gasteiger partial charge is 0.335 e. The van der Waals surface area contributed by atoms with Crippen molar-refractivity contribution in [2.75, 3.05) is 13.2 Å². The summed E-state index contributed by atoms with van der Waals surface area (Å²) in [6, 6.07) is -1.73. The summed E-state index contributed by atoms with van der Waals surface area (Å²) in [6.07, 6.45) is 0. The fourth-order valence-corrected chi connectivity index (χ4v) is 2.60. The molecule has 0 aromatic heterocycles. The maximum atomic E-state index is 11.8. The summed E-state index contributed by atoms with van der Waals surface area (Å²) >= 11 is 0. The van der Waals surface area contributed by atoms with E-state index in [2.05, 4.69) is 14.2 Å². The maximum absolute atomic E-state index is 11.8. The van der Waals surface area contributed by atoms with Crippen LogP contribution in [-0.4, -0.2) is 45.2 Å². The molecule has 0 aromatic rings. The molecule has 0 aliphatic rings. The minimum absolute atomic E-state index is 0.0170. The van der Waals surface area contributed by atoms with Gasteiger partial charge in [0.05, 0.1) is 13.2 Å². The van der Waals surface area contributed by atoms with Crippen LogP contribution in [0.25, 0.3) is 0 Å². The van der Waals surface area contributed by atoms with Crippen molar-refractivity contribution in [3.05, 3.63) is 0 Å². The molecule has 0 amide bonds. The van der Waals surface area contributed by atoms with Gasteiger partial charge in [0.2, 0.25) is 6.04 Å². The largest absolute Gasteiger partial charge is 0.464 e. The van der Waals surface area contributed by atoms with Crippen LogP contribution in [0.1, 0.15) is 34.6 Å². The van der Waals surface area contributed by atoms with Crippen LogP contribution in [0.2, 0.25) is 0 Å². The molecule has 0 bridgehead atoms. The number of hydrogen-bond donors (Lipinski definition) is 2. The lowest BCUT2D eigenvalue weighted by atomic mass is 10.1. The lowest BCUT2D eigenvalue weighted by Crippen LogP contribution is -2.55. The molecule has 0 rings (SSSR count). The van der Waals surface area contributed by atoms with Crippen molar-refractivity contribution in [3.8, 4) is 0 Å². The zero-order valence-electron chi connectivity index (χ0n) is 12.3. The van der Waals surface area contributed by atoms with Gasteiger partial charge in [-0.3, -0.25) is 0 Å². The first kappa shape index (κ1) is 18.8. The van der Waals surface area contributed by atoms with Crippen LogP contribution >= 0.6 is 0 Å². The Labute approximate surface area is 119 Å². The van der Waals surface area contributed by atoms with Gasteiger partial charge in [0.25, 0.3) is 10.2 Å². The van der Waals surface area contributed by atoms with E-state index in [0.29, 0.717) is 0 Å². The van der Waals surface area contributed by atoms with E-state index >= 15 is 0 Å². The van der Waals surface area contributed by atoms with Gasteiger partial charge in [-0.05, 0) is 34.6 Å². The molecule has 118 valence electrons. The SMILES string of the molecule is CCOC(=O)C(NS(=O)(=O)NC(C)(C)C)C(=O)OCC. The fraction of sp³-hybridized carbons (Fsp3) is 0.818. The van der Waals surface area contributed by atoms with Crippen LogP contribution in [0.5, 0.6) is 0 Å². The number of esters is 2. The highest BCUT2D eigenvalue weighted by Gasteiger charge is 2.34. The van der Waals surface area contributed by atoms with Crippen molar-refractivity contribution < 1.29 is 27.5 Å². The monoisotopic (exact) mass is 310 g/mol. The average molecular weight is 310 g/mol. The Hall–Kier alpha value is -1.19. The number of ether oxygens (including phenoxy) is 2. The fourth-order valence-electron chi connectivity index (χ4n) is 1.23. The van der Waals surface area contributed by atoms with E-state index in [4.69, 9.17) is 0 Å². The van der Waals surface area contributed by atoms with Gasteiger partial charge in [-0.2, -0.15) is 17.9 Å². The Kier molecular flexibility index (Phi) is 7.11. The summed E-state index contributed by atoms with van der Waals surface area (Å²) in [5, 5.41) is 0. The molecule has 0 aromatic carbocycles. The summed E-state index contributed by atoms with van der Waals surface area (Å²) in [4.78, 5) is 23.3. The predicted molar refractivity (Wildman–Crippen MR) is 72.0 cm³/mol. The summed E-state index contributed by atoms with van der Waals surface area (Å²) in [5.74, 6) is -2.02. The molecular formula is C11H22N2O6S. The summed E-state index contributed by atoms with van der Waals surface area (Å²) in [6.45, 7) is 7.98. The molecular weight excluding hydrogens is 288 g/mol. The van der Waals surface area contributed by atoms with Crippen LogP contribution in [0.15, 0.2) is 0 Å². The first-order valence-electron chi connectivity index (χ1n) is 6.17. The number of nitrogens with one attached hydrogen (secondary N) is 2. The highest BCUT2D eigenvalue weighted by atomic mass is 32.2. The zero-order chi connectivity index (χ0) is 16.0. The lowest BCUT2D eigenvalue weighted by Gasteiger charge is -2.22. The van der Waals surface area contributed by atoms with E-state index in [1.807, 2.05) is 4.72 Å². The third-order valence-corrected chi connectivity index (χ3v) is 3.19. The summed E-state index contributed by atoms with van der Waals surface area (Å²) in [5.41, 5.74) is -0.764. The molecule has 0 aliphatic carbocycles. The topological polar surface area (TPSA) is 111 Å². The van der Waals surface area contributed by atoms with Crippen LogP contribution in [0.3, 0.4) is 0 Å². The number of carbonyl (C=O) groups excluding carboxylic acids is 2. The molecule has 20 heavy (non-hydrogen) atoms. The van der Waals surface area contributed by atoms with Crippen LogP contribution in [0.4, 0.5) is 0 Å². The maximum Gasteiger partial charge on any atom is 0.335 e. The van der Waals surface area contributed by atoms with E-state index in [9.17, 15) is 18.0 Å². The minimum atomic E-state index is -4.07. The molecule has 8 nitrogen and oxygen atoms in total. The van der Waals surface area contributed by atoms with Gasteiger partial charge in [0.15, 0.2) is 0 Å². The van der Waals surface area contributed by atoms with Crippen molar-refractivity contribution in [2.45, 2.75) is 46.2 Å². The van der Waals surface area contributed by atoms with Gasteiger partial charge < -0.3 is 9.47 Å². The number of carbonyl (C=O) groups is 2. The second-order valence-electron chi connectivity index (χ2n) is 4.91. The highest BCUT2D eigenvalue weighted by Crippen LogP contribution is 2.03. The lowest BCUT2D eigenvalue weighted by molar-refractivity contribution is -0.157. The molecule has 0 heterocycles. The molecule has 2 N–H and O–H groups in total. The molecule has 9 heteroatoms. The van der Waals surface area contributed by atoms with E-state index in [1.54, 1.807) is 34.6 Å². The number of rotatable bonds is 7. The Morgan fingerprint density at radius 1 is 1.05 bits per heavy atom.